The van der Waals surface area contributed by atoms with E-state index >= 15 is 0 Å². The van der Waals surface area contributed by atoms with E-state index in [-0.39, 0.29) is 10.0 Å². The number of nitrogens with one attached hydrogen (secondary N) is 2. The molecular formula is C15H17N3O2S2. The van der Waals surface area contributed by atoms with Crippen molar-refractivity contribution in [2.45, 2.75) is 18.7 Å². The molecule has 2 aromatic carbocycles. The molecule has 116 valence electrons. The molecule has 0 aromatic heterocycles. The van der Waals surface area contributed by atoms with Gasteiger partial charge in [-0.2, -0.15) is 0 Å². The van der Waals surface area contributed by atoms with Crippen molar-refractivity contribution in [2.75, 3.05) is 10.0 Å². The summed E-state index contributed by atoms with van der Waals surface area (Å²) in [6.07, 6.45) is 0. The third-order valence-corrected chi connectivity index (χ3v) is 4.41. The second-order valence-electron chi connectivity index (χ2n) is 5.00. The monoisotopic (exact) mass is 335 g/mol. The molecule has 4 N–H and O–H groups in total. The zero-order valence-electron chi connectivity index (χ0n) is 12.3. The van der Waals surface area contributed by atoms with Crippen LogP contribution in [0, 0.1) is 13.8 Å². The van der Waals surface area contributed by atoms with Gasteiger partial charge in [0.05, 0.1) is 4.90 Å². The van der Waals surface area contributed by atoms with Gasteiger partial charge in [-0.1, -0.05) is 6.07 Å². The largest absolute Gasteiger partial charge is 0.376 e. The summed E-state index contributed by atoms with van der Waals surface area (Å²) in [5, 5.41) is 2.87. The molecular weight excluding hydrogens is 318 g/mol. The van der Waals surface area contributed by atoms with Crippen molar-refractivity contribution in [1.29, 1.82) is 0 Å². The zero-order chi connectivity index (χ0) is 16.3. The van der Waals surface area contributed by atoms with Gasteiger partial charge >= 0.3 is 0 Å². The van der Waals surface area contributed by atoms with Crippen LogP contribution >= 0.6 is 12.2 Å². The molecule has 0 spiro atoms. The number of thiocarbonyl (C=S) groups is 1. The lowest BCUT2D eigenvalue weighted by Crippen LogP contribution is -2.19. The first-order valence-electron chi connectivity index (χ1n) is 6.54. The fourth-order valence-corrected chi connectivity index (χ4v) is 3.27. The van der Waals surface area contributed by atoms with Gasteiger partial charge < -0.3 is 11.1 Å². The zero-order valence-corrected chi connectivity index (χ0v) is 13.9. The van der Waals surface area contributed by atoms with Crippen LogP contribution in [0.15, 0.2) is 47.4 Å². The molecule has 0 heterocycles. The van der Waals surface area contributed by atoms with Crippen molar-refractivity contribution >= 4 is 38.7 Å². The smallest absolute Gasteiger partial charge is 0.261 e. The first-order chi connectivity index (χ1) is 10.3. The van der Waals surface area contributed by atoms with E-state index in [4.69, 9.17) is 18.0 Å². The van der Waals surface area contributed by atoms with E-state index in [1.54, 1.807) is 24.3 Å². The van der Waals surface area contributed by atoms with Crippen LogP contribution in [-0.2, 0) is 10.0 Å². The lowest BCUT2D eigenvalue weighted by atomic mass is 10.1. The molecule has 0 saturated heterocycles. The Kier molecular flexibility index (Phi) is 4.68. The Hall–Kier alpha value is -2.12. The number of sulfonamides is 1. The van der Waals surface area contributed by atoms with Crippen LogP contribution in [0.5, 0.6) is 0 Å². The highest BCUT2D eigenvalue weighted by molar-refractivity contribution is 7.92. The molecule has 0 unspecified atom stereocenters. The minimum atomic E-state index is -3.63. The van der Waals surface area contributed by atoms with Gasteiger partial charge in [-0.15, -0.1) is 0 Å². The van der Waals surface area contributed by atoms with Crippen molar-refractivity contribution in [3.05, 3.63) is 53.6 Å². The Balaban J connectivity index is 2.24. The van der Waals surface area contributed by atoms with E-state index in [0.29, 0.717) is 11.4 Å². The molecule has 0 bridgehead atoms. The van der Waals surface area contributed by atoms with Crippen molar-refractivity contribution in [3.63, 3.8) is 0 Å². The fraction of sp³-hybridized carbons (Fsp3) is 0.133. The van der Waals surface area contributed by atoms with E-state index in [1.165, 1.54) is 12.1 Å². The summed E-state index contributed by atoms with van der Waals surface area (Å²) in [4.78, 5) is 0.167. The molecule has 0 fully saturated rings. The first-order valence-corrected chi connectivity index (χ1v) is 8.43. The lowest BCUT2D eigenvalue weighted by molar-refractivity contribution is 0.601. The summed E-state index contributed by atoms with van der Waals surface area (Å²) in [6, 6.07) is 11.7. The van der Waals surface area contributed by atoms with Crippen LogP contribution in [-0.4, -0.2) is 13.5 Å². The number of nitrogens with two attached hydrogens (primary N) is 1. The third-order valence-electron chi connectivity index (χ3n) is 2.91. The van der Waals surface area contributed by atoms with Gasteiger partial charge in [0.15, 0.2) is 5.11 Å². The number of hydrogen-bond acceptors (Lipinski definition) is 3. The van der Waals surface area contributed by atoms with Gasteiger partial charge in [-0.25, -0.2) is 8.42 Å². The standard InChI is InChI=1S/C15H17N3O2S2/c1-10-7-11(2)9-13(8-10)18-22(19,20)14-5-3-12(4-6-14)17-15(16)21/h3-9,18H,1-2H3,(H3,16,17,21). The highest BCUT2D eigenvalue weighted by Gasteiger charge is 2.14. The molecule has 0 radical (unpaired) electrons. The molecule has 2 rings (SSSR count). The summed E-state index contributed by atoms with van der Waals surface area (Å²) in [5.41, 5.74) is 8.54. The minimum absolute atomic E-state index is 0.129. The molecule has 22 heavy (non-hydrogen) atoms. The average Bonchev–Trinajstić information content (AvgIpc) is 2.36. The van der Waals surface area contributed by atoms with Crippen molar-refractivity contribution in [2.24, 2.45) is 5.73 Å². The molecule has 2 aromatic rings. The van der Waals surface area contributed by atoms with Gasteiger partial charge in [-0.3, -0.25) is 4.72 Å². The molecule has 0 aliphatic heterocycles. The van der Waals surface area contributed by atoms with Gasteiger partial charge in [0, 0.05) is 11.4 Å². The van der Waals surface area contributed by atoms with E-state index in [0.717, 1.165) is 11.1 Å². The normalized spacial score (nSPS) is 11.0. The molecule has 0 amide bonds. The number of rotatable bonds is 4. The van der Waals surface area contributed by atoms with E-state index in [2.05, 4.69) is 10.0 Å². The van der Waals surface area contributed by atoms with Gasteiger partial charge in [0.1, 0.15) is 0 Å². The summed E-state index contributed by atoms with van der Waals surface area (Å²) in [6.45, 7) is 3.84. The van der Waals surface area contributed by atoms with Crippen LogP contribution < -0.4 is 15.8 Å². The number of hydrogen-bond donors (Lipinski definition) is 3. The summed E-state index contributed by atoms with van der Waals surface area (Å²) < 4.78 is 27.3. The molecule has 0 aliphatic rings. The Morgan fingerprint density at radius 3 is 2.05 bits per heavy atom. The lowest BCUT2D eigenvalue weighted by Gasteiger charge is -2.10. The maximum absolute atomic E-state index is 12.4. The van der Waals surface area contributed by atoms with Crippen LogP contribution in [0.25, 0.3) is 0 Å². The van der Waals surface area contributed by atoms with E-state index in [1.807, 2.05) is 19.9 Å². The number of benzene rings is 2. The predicted octanol–water partition coefficient (Wildman–Crippen LogP) is 2.76. The van der Waals surface area contributed by atoms with Gasteiger partial charge in [-0.05, 0) is 73.6 Å². The SMILES string of the molecule is Cc1cc(C)cc(NS(=O)(=O)c2ccc(NC(N)=S)cc2)c1. The van der Waals surface area contributed by atoms with Gasteiger partial charge in [0.2, 0.25) is 0 Å². The topological polar surface area (TPSA) is 84.2 Å². The van der Waals surface area contributed by atoms with Crippen LogP contribution in [0.3, 0.4) is 0 Å². The number of anilines is 2. The maximum atomic E-state index is 12.4. The summed E-state index contributed by atoms with van der Waals surface area (Å²) in [7, 11) is -3.63. The van der Waals surface area contributed by atoms with Gasteiger partial charge in [0.25, 0.3) is 10.0 Å². The van der Waals surface area contributed by atoms with Crippen LogP contribution in [0.1, 0.15) is 11.1 Å². The second-order valence-corrected chi connectivity index (χ2v) is 7.12. The van der Waals surface area contributed by atoms with Crippen LogP contribution in [0.2, 0.25) is 0 Å². The Morgan fingerprint density at radius 2 is 1.55 bits per heavy atom. The summed E-state index contributed by atoms with van der Waals surface area (Å²) in [5.74, 6) is 0. The molecule has 0 atom stereocenters. The van der Waals surface area contributed by atoms with E-state index < -0.39 is 10.0 Å². The molecule has 5 nitrogen and oxygen atoms in total. The maximum Gasteiger partial charge on any atom is 0.261 e. The predicted molar refractivity (Wildman–Crippen MR) is 93.6 cm³/mol. The van der Waals surface area contributed by atoms with Crippen molar-refractivity contribution < 1.29 is 8.42 Å². The highest BCUT2D eigenvalue weighted by atomic mass is 32.2. The minimum Gasteiger partial charge on any atom is -0.376 e. The molecule has 0 saturated carbocycles. The summed E-state index contributed by atoms with van der Waals surface area (Å²) >= 11 is 4.73. The van der Waals surface area contributed by atoms with Crippen LogP contribution in [0.4, 0.5) is 11.4 Å². The Labute approximate surface area is 135 Å². The third kappa shape index (κ3) is 4.19. The quantitative estimate of drug-likeness (QED) is 0.748. The average molecular weight is 335 g/mol. The number of aryl methyl sites for hydroxylation is 2. The van der Waals surface area contributed by atoms with Crippen molar-refractivity contribution in [3.8, 4) is 0 Å². The molecule has 0 aliphatic carbocycles. The van der Waals surface area contributed by atoms with E-state index in [9.17, 15) is 8.42 Å². The van der Waals surface area contributed by atoms with Crippen molar-refractivity contribution in [1.82, 2.24) is 0 Å². The second kappa shape index (κ2) is 6.33. The Morgan fingerprint density at radius 1 is 1.00 bits per heavy atom. The highest BCUT2D eigenvalue weighted by Crippen LogP contribution is 2.20. The Bertz CT molecular complexity index is 780. The fourth-order valence-electron chi connectivity index (χ4n) is 2.11. The first kappa shape index (κ1) is 16.3. The molecule has 7 heteroatoms.